The molecule has 19 heavy (non-hydrogen) atoms. The van der Waals surface area contributed by atoms with E-state index in [-0.39, 0.29) is 18.3 Å². The van der Waals surface area contributed by atoms with E-state index < -0.39 is 5.79 Å². The van der Waals surface area contributed by atoms with Crippen molar-refractivity contribution in [2.45, 2.75) is 64.1 Å². The summed E-state index contributed by atoms with van der Waals surface area (Å²) >= 11 is 0. The zero-order valence-corrected chi connectivity index (χ0v) is 12.0. The lowest BCUT2D eigenvalue weighted by molar-refractivity contribution is -0.148. The number of aliphatic hydroxyl groups excluding tert-OH is 1. The summed E-state index contributed by atoms with van der Waals surface area (Å²) < 4.78 is 11.9. The van der Waals surface area contributed by atoms with Gasteiger partial charge in [-0.1, -0.05) is 37.3 Å². The summed E-state index contributed by atoms with van der Waals surface area (Å²) in [4.78, 5) is 0. The summed E-state index contributed by atoms with van der Waals surface area (Å²) in [6.45, 7) is 5.85. The van der Waals surface area contributed by atoms with Crippen molar-refractivity contribution in [2.75, 3.05) is 0 Å². The van der Waals surface area contributed by atoms with Crippen LogP contribution in [-0.4, -0.2) is 29.2 Å². The average Bonchev–Trinajstić information content (AvgIpc) is 2.64. The van der Waals surface area contributed by atoms with Crippen LogP contribution in [0.3, 0.4) is 0 Å². The first-order valence-corrected chi connectivity index (χ1v) is 7.08. The molecule has 0 bridgehead atoms. The van der Waals surface area contributed by atoms with Gasteiger partial charge in [-0.25, -0.2) is 0 Å². The lowest BCUT2D eigenvalue weighted by Crippen LogP contribution is -2.29. The van der Waals surface area contributed by atoms with Gasteiger partial charge in [-0.2, -0.15) is 0 Å². The topological polar surface area (TPSA) is 38.7 Å². The minimum atomic E-state index is -0.558. The minimum Gasteiger partial charge on any atom is -0.393 e. The van der Waals surface area contributed by atoms with E-state index >= 15 is 0 Å². The van der Waals surface area contributed by atoms with Crippen LogP contribution in [-0.2, 0) is 15.9 Å². The van der Waals surface area contributed by atoms with Crippen LogP contribution in [0.1, 0.15) is 39.2 Å². The van der Waals surface area contributed by atoms with Crippen molar-refractivity contribution in [3.05, 3.63) is 35.9 Å². The van der Waals surface area contributed by atoms with Gasteiger partial charge in [0.15, 0.2) is 5.79 Å². The zero-order chi connectivity index (χ0) is 13.9. The molecule has 2 rings (SSSR count). The summed E-state index contributed by atoms with van der Waals surface area (Å²) in [5.41, 5.74) is 1.24. The Morgan fingerprint density at radius 2 is 1.79 bits per heavy atom. The minimum absolute atomic E-state index is 0.0126. The van der Waals surface area contributed by atoms with Gasteiger partial charge < -0.3 is 14.6 Å². The summed E-state index contributed by atoms with van der Waals surface area (Å²) in [6.07, 6.45) is 1.87. The lowest BCUT2D eigenvalue weighted by Gasteiger charge is -2.19. The molecular weight excluding hydrogens is 240 g/mol. The van der Waals surface area contributed by atoms with Crippen molar-refractivity contribution in [3.63, 3.8) is 0 Å². The molecule has 0 spiro atoms. The van der Waals surface area contributed by atoms with Crippen molar-refractivity contribution in [2.24, 2.45) is 0 Å². The first-order valence-electron chi connectivity index (χ1n) is 7.08. The van der Waals surface area contributed by atoms with Crippen LogP contribution in [0.25, 0.3) is 0 Å². The molecule has 1 aromatic rings. The van der Waals surface area contributed by atoms with Crippen LogP contribution < -0.4 is 0 Å². The maximum atomic E-state index is 9.84. The van der Waals surface area contributed by atoms with E-state index in [4.69, 9.17) is 9.47 Å². The highest BCUT2D eigenvalue weighted by Gasteiger charge is 2.41. The third kappa shape index (κ3) is 4.03. The molecule has 3 atom stereocenters. The highest BCUT2D eigenvalue weighted by atomic mass is 16.7. The second-order valence-corrected chi connectivity index (χ2v) is 5.70. The Bertz CT molecular complexity index is 388. The second-order valence-electron chi connectivity index (χ2n) is 5.70. The third-order valence-corrected chi connectivity index (χ3v) is 3.54. The number of rotatable bonds is 5. The molecule has 0 saturated carbocycles. The summed E-state index contributed by atoms with van der Waals surface area (Å²) in [5.74, 6) is -0.558. The highest BCUT2D eigenvalue weighted by Crippen LogP contribution is 2.32. The van der Waals surface area contributed by atoms with Gasteiger partial charge in [-0.05, 0) is 25.8 Å². The largest absolute Gasteiger partial charge is 0.393 e. The molecule has 3 heteroatoms. The van der Waals surface area contributed by atoms with E-state index in [0.717, 1.165) is 12.8 Å². The van der Waals surface area contributed by atoms with Crippen molar-refractivity contribution < 1.29 is 14.6 Å². The van der Waals surface area contributed by atoms with Gasteiger partial charge in [0.05, 0.1) is 18.3 Å². The quantitative estimate of drug-likeness (QED) is 0.888. The van der Waals surface area contributed by atoms with Crippen LogP contribution >= 0.6 is 0 Å². The molecule has 3 nitrogen and oxygen atoms in total. The van der Waals surface area contributed by atoms with E-state index in [9.17, 15) is 5.11 Å². The maximum absolute atomic E-state index is 9.84. The van der Waals surface area contributed by atoms with Crippen molar-refractivity contribution in [1.29, 1.82) is 0 Å². The molecule has 1 aromatic carbocycles. The molecule has 1 heterocycles. The fraction of sp³-hybridized carbons (Fsp3) is 0.625. The highest BCUT2D eigenvalue weighted by molar-refractivity contribution is 5.16. The molecule has 1 aliphatic rings. The normalized spacial score (nSPS) is 27.4. The van der Waals surface area contributed by atoms with Gasteiger partial charge in [-0.3, -0.25) is 0 Å². The van der Waals surface area contributed by atoms with Crippen molar-refractivity contribution >= 4 is 0 Å². The smallest absolute Gasteiger partial charge is 0.163 e. The van der Waals surface area contributed by atoms with Crippen LogP contribution in [0.2, 0.25) is 0 Å². The van der Waals surface area contributed by atoms with E-state index in [2.05, 4.69) is 12.1 Å². The standard InChI is InChI=1S/C16H24O3/c1-4-13(17)11-15-14(18-16(2,3)19-15)10-12-8-6-5-7-9-12/h5-9,13-15,17H,4,10-11H2,1-3H3/t13-,14+,15+/m0/s1. The average molecular weight is 264 g/mol. The zero-order valence-electron chi connectivity index (χ0n) is 12.0. The molecule has 106 valence electrons. The Morgan fingerprint density at radius 3 is 2.42 bits per heavy atom. The molecule has 1 saturated heterocycles. The monoisotopic (exact) mass is 264 g/mol. The van der Waals surface area contributed by atoms with Gasteiger partial charge in [0.25, 0.3) is 0 Å². The fourth-order valence-electron chi connectivity index (χ4n) is 2.56. The Hall–Kier alpha value is -0.900. The number of hydrogen-bond acceptors (Lipinski definition) is 3. The van der Waals surface area contributed by atoms with Crippen molar-refractivity contribution in [3.8, 4) is 0 Å². The summed E-state index contributed by atoms with van der Waals surface area (Å²) in [7, 11) is 0. The predicted molar refractivity (Wildman–Crippen MR) is 74.9 cm³/mol. The SMILES string of the molecule is CC[C@H](O)C[C@H]1OC(C)(C)O[C@@H]1Cc1ccccc1. The lowest BCUT2D eigenvalue weighted by atomic mass is 9.99. The Labute approximate surface area is 115 Å². The Morgan fingerprint density at radius 1 is 1.16 bits per heavy atom. The predicted octanol–water partition coefficient (Wildman–Crippen LogP) is 2.91. The molecular formula is C16H24O3. The second kappa shape index (κ2) is 6.04. The molecule has 1 fully saturated rings. The third-order valence-electron chi connectivity index (χ3n) is 3.54. The van der Waals surface area contributed by atoms with E-state index in [0.29, 0.717) is 6.42 Å². The van der Waals surface area contributed by atoms with E-state index in [1.165, 1.54) is 5.56 Å². The molecule has 0 radical (unpaired) electrons. The number of aliphatic hydroxyl groups is 1. The Balaban J connectivity index is 2.03. The number of hydrogen-bond donors (Lipinski definition) is 1. The fourth-order valence-corrected chi connectivity index (χ4v) is 2.56. The van der Waals surface area contributed by atoms with Gasteiger partial charge in [0.2, 0.25) is 0 Å². The molecule has 0 aliphatic carbocycles. The van der Waals surface area contributed by atoms with Crippen LogP contribution in [0, 0.1) is 0 Å². The molecule has 0 amide bonds. The molecule has 0 unspecified atom stereocenters. The van der Waals surface area contributed by atoms with Crippen LogP contribution in [0.15, 0.2) is 30.3 Å². The van der Waals surface area contributed by atoms with Crippen LogP contribution in [0.4, 0.5) is 0 Å². The van der Waals surface area contributed by atoms with E-state index in [1.807, 2.05) is 39.0 Å². The van der Waals surface area contributed by atoms with E-state index in [1.54, 1.807) is 0 Å². The molecule has 0 aromatic heterocycles. The van der Waals surface area contributed by atoms with Gasteiger partial charge >= 0.3 is 0 Å². The molecule has 1 aliphatic heterocycles. The first kappa shape index (κ1) is 14.5. The summed E-state index contributed by atoms with van der Waals surface area (Å²) in [6, 6.07) is 10.3. The number of ether oxygens (including phenoxy) is 2. The van der Waals surface area contributed by atoms with Crippen LogP contribution in [0.5, 0.6) is 0 Å². The first-order chi connectivity index (χ1) is 9.00. The van der Waals surface area contributed by atoms with Gasteiger partial charge in [0.1, 0.15) is 0 Å². The van der Waals surface area contributed by atoms with Crippen molar-refractivity contribution in [1.82, 2.24) is 0 Å². The Kier molecular flexibility index (Phi) is 4.61. The van der Waals surface area contributed by atoms with Gasteiger partial charge in [0, 0.05) is 12.8 Å². The number of benzene rings is 1. The van der Waals surface area contributed by atoms with Gasteiger partial charge in [-0.15, -0.1) is 0 Å². The molecule has 1 N–H and O–H groups in total. The maximum Gasteiger partial charge on any atom is 0.163 e. The summed E-state index contributed by atoms with van der Waals surface area (Å²) in [5, 5.41) is 9.84.